The van der Waals surface area contributed by atoms with Crippen LogP contribution in [0.3, 0.4) is 0 Å². The quantitative estimate of drug-likeness (QED) is 0.753. The van der Waals surface area contributed by atoms with E-state index in [0.29, 0.717) is 25.1 Å². The normalized spacial score (nSPS) is 16.4. The fraction of sp³-hybridized carbons (Fsp3) is 0.333. The molecule has 1 fully saturated rings. The van der Waals surface area contributed by atoms with Crippen molar-refractivity contribution in [2.45, 2.75) is 11.8 Å². The van der Waals surface area contributed by atoms with E-state index in [0.717, 1.165) is 17.0 Å². The van der Waals surface area contributed by atoms with Crippen molar-refractivity contribution in [3.63, 3.8) is 0 Å². The lowest BCUT2D eigenvalue weighted by Crippen LogP contribution is -2.53. The Hall–Kier alpha value is -1.73. The molecule has 0 bridgehead atoms. The van der Waals surface area contributed by atoms with Gasteiger partial charge in [0.05, 0.1) is 16.6 Å². The summed E-state index contributed by atoms with van der Waals surface area (Å²) in [4.78, 5) is 2.05. The average Bonchev–Trinajstić information content (AvgIpc) is 2.43. The Morgan fingerprint density at radius 2 is 1.82 bits per heavy atom. The summed E-state index contributed by atoms with van der Waals surface area (Å²) in [6, 6.07) is 11.3. The van der Waals surface area contributed by atoms with E-state index < -0.39 is 9.84 Å². The first kappa shape index (κ1) is 15.2. The molecule has 0 N–H and O–H groups in total. The highest BCUT2D eigenvalue weighted by Crippen LogP contribution is 2.19. The van der Waals surface area contributed by atoms with Gasteiger partial charge in [0.1, 0.15) is 7.85 Å². The summed E-state index contributed by atoms with van der Waals surface area (Å²) in [5, 5.41) is 8.20. The van der Waals surface area contributed by atoms with Crippen molar-refractivity contribution in [1.29, 1.82) is 0 Å². The van der Waals surface area contributed by atoms with E-state index in [1.165, 1.54) is 6.26 Å². The number of rotatable bonds is 4. The summed E-state index contributed by atoms with van der Waals surface area (Å²) < 4.78 is 22.7. The van der Waals surface area contributed by atoms with Crippen molar-refractivity contribution >= 4 is 23.1 Å². The van der Waals surface area contributed by atoms with Crippen molar-refractivity contribution in [2.24, 2.45) is 0 Å². The number of hydrogen-bond donors (Lipinski definition) is 0. The third-order valence-corrected chi connectivity index (χ3v) is 5.35. The van der Waals surface area contributed by atoms with Crippen LogP contribution in [0.4, 0.5) is 0 Å². The number of sulfone groups is 1. The zero-order valence-corrected chi connectivity index (χ0v) is 13.1. The largest absolute Gasteiger partial charge is 0.295 e. The number of benzene rings is 1. The average molecular weight is 313 g/mol. The number of nitrogens with zero attached hydrogens (tertiary/aromatic N) is 3. The molecular weight excluding hydrogens is 297 g/mol. The Bertz CT molecular complexity index is 754. The van der Waals surface area contributed by atoms with Gasteiger partial charge in [-0.05, 0) is 12.1 Å². The highest BCUT2D eigenvalue weighted by Gasteiger charge is 2.34. The maximum absolute atomic E-state index is 11.4. The molecular formula is C15H16BN3O2S. The van der Waals surface area contributed by atoms with Gasteiger partial charge in [-0.2, -0.15) is 10.2 Å². The molecule has 2 radical (unpaired) electrons. The predicted molar refractivity (Wildman–Crippen MR) is 86.8 cm³/mol. The van der Waals surface area contributed by atoms with Crippen LogP contribution in [0.1, 0.15) is 5.69 Å². The maximum atomic E-state index is 11.4. The summed E-state index contributed by atoms with van der Waals surface area (Å²) >= 11 is 0. The summed E-state index contributed by atoms with van der Waals surface area (Å²) in [5.41, 5.74) is 3.31. The molecule has 1 aromatic carbocycles. The Morgan fingerprint density at radius 3 is 2.36 bits per heavy atom. The minimum Gasteiger partial charge on any atom is -0.295 e. The molecule has 0 aliphatic carbocycles. The van der Waals surface area contributed by atoms with Gasteiger partial charge in [0, 0.05) is 31.5 Å². The van der Waals surface area contributed by atoms with Crippen molar-refractivity contribution in [1.82, 2.24) is 15.1 Å². The predicted octanol–water partition coefficient (Wildman–Crippen LogP) is 0.166. The van der Waals surface area contributed by atoms with Crippen LogP contribution in [-0.2, 0) is 16.4 Å². The monoisotopic (exact) mass is 313 g/mol. The van der Waals surface area contributed by atoms with E-state index in [-0.39, 0.29) is 5.25 Å². The molecule has 3 rings (SSSR count). The number of hydrogen-bond acceptors (Lipinski definition) is 5. The van der Waals surface area contributed by atoms with Gasteiger partial charge >= 0.3 is 0 Å². The van der Waals surface area contributed by atoms with Gasteiger partial charge in [0.2, 0.25) is 0 Å². The van der Waals surface area contributed by atoms with Crippen LogP contribution in [0.2, 0.25) is 0 Å². The smallest absolute Gasteiger partial charge is 0.152 e. The van der Waals surface area contributed by atoms with E-state index in [4.69, 9.17) is 7.85 Å². The lowest BCUT2D eigenvalue weighted by Gasteiger charge is -2.37. The highest BCUT2D eigenvalue weighted by molar-refractivity contribution is 7.91. The van der Waals surface area contributed by atoms with Gasteiger partial charge in [-0.3, -0.25) is 4.90 Å². The molecule has 1 aliphatic rings. The molecule has 1 saturated heterocycles. The van der Waals surface area contributed by atoms with Gasteiger partial charge in [-0.1, -0.05) is 29.7 Å². The van der Waals surface area contributed by atoms with Crippen LogP contribution >= 0.6 is 0 Å². The molecule has 2 heterocycles. The Kier molecular flexibility index (Phi) is 4.01. The molecule has 5 nitrogen and oxygen atoms in total. The first-order valence-electron chi connectivity index (χ1n) is 7.01. The van der Waals surface area contributed by atoms with Gasteiger partial charge in [-0.25, -0.2) is 8.42 Å². The summed E-state index contributed by atoms with van der Waals surface area (Å²) in [6.45, 7) is 1.77. The van der Waals surface area contributed by atoms with Crippen molar-refractivity contribution in [3.8, 4) is 11.3 Å². The van der Waals surface area contributed by atoms with Crippen LogP contribution in [0, 0.1) is 0 Å². The minimum absolute atomic E-state index is 0.241. The zero-order chi connectivity index (χ0) is 15.7. The zero-order valence-electron chi connectivity index (χ0n) is 12.3. The van der Waals surface area contributed by atoms with Crippen molar-refractivity contribution in [3.05, 3.63) is 42.1 Å². The molecule has 1 aromatic heterocycles. The lowest BCUT2D eigenvalue weighted by molar-refractivity contribution is 0.173. The van der Waals surface area contributed by atoms with Gasteiger partial charge in [0.15, 0.2) is 9.84 Å². The van der Waals surface area contributed by atoms with Crippen molar-refractivity contribution in [2.75, 3.05) is 19.3 Å². The Morgan fingerprint density at radius 1 is 1.14 bits per heavy atom. The summed E-state index contributed by atoms with van der Waals surface area (Å²) in [6.07, 6.45) is 1.29. The lowest BCUT2D eigenvalue weighted by atomic mass is 9.95. The van der Waals surface area contributed by atoms with Crippen LogP contribution in [0.5, 0.6) is 0 Å². The molecule has 0 saturated carbocycles. The van der Waals surface area contributed by atoms with E-state index >= 15 is 0 Å². The third kappa shape index (κ3) is 3.36. The maximum Gasteiger partial charge on any atom is 0.152 e. The molecule has 0 amide bonds. The molecule has 0 unspecified atom stereocenters. The van der Waals surface area contributed by atoms with E-state index in [1.807, 2.05) is 36.4 Å². The second-order valence-electron chi connectivity index (χ2n) is 5.68. The van der Waals surface area contributed by atoms with Gasteiger partial charge in [0.25, 0.3) is 0 Å². The standard InChI is InChI=1S/C15H16BN3O2S/c1-22(20,21)14-9-19(10-14)8-13-6-7-15(18-17-13)11-2-4-12(16)5-3-11/h2-7,14H,8-10H2,1H3. The molecule has 112 valence electrons. The molecule has 0 spiro atoms. The number of likely N-dealkylation sites (tertiary alicyclic amines) is 1. The molecule has 2 aromatic rings. The Balaban J connectivity index is 1.62. The van der Waals surface area contributed by atoms with Crippen molar-refractivity contribution < 1.29 is 8.42 Å². The van der Waals surface area contributed by atoms with Crippen LogP contribution < -0.4 is 5.46 Å². The number of aromatic nitrogens is 2. The Labute approximate surface area is 131 Å². The second kappa shape index (κ2) is 5.81. The summed E-state index contributed by atoms with van der Waals surface area (Å²) in [5.74, 6) is 0. The first-order valence-corrected chi connectivity index (χ1v) is 8.97. The molecule has 0 atom stereocenters. The molecule has 7 heteroatoms. The molecule has 1 aliphatic heterocycles. The topological polar surface area (TPSA) is 63.2 Å². The van der Waals surface area contributed by atoms with Crippen LogP contribution in [0.25, 0.3) is 11.3 Å². The van der Waals surface area contributed by atoms with Gasteiger partial charge < -0.3 is 0 Å². The third-order valence-electron chi connectivity index (χ3n) is 3.84. The van der Waals surface area contributed by atoms with Gasteiger partial charge in [-0.15, -0.1) is 0 Å². The minimum atomic E-state index is -2.93. The van der Waals surface area contributed by atoms with E-state index in [1.54, 1.807) is 0 Å². The van der Waals surface area contributed by atoms with E-state index in [9.17, 15) is 8.42 Å². The molecule has 22 heavy (non-hydrogen) atoms. The van der Waals surface area contributed by atoms with E-state index in [2.05, 4.69) is 15.1 Å². The van der Waals surface area contributed by atoms with Crippen LogP contribution in [0.15, 0.2) is 36.4 Å². The fourth-order valence-electron chi connectivity index (χ4n) is 2.40. The highest BCUT2D eigenvalue weighted by atomic mass is 32.2. The van der Waals surface area contributed by atoms with Crippen LogP contribution in [-0.4, -0.2) is 56.0 Å². The fourth-order valence-corrected chi connectivity index (χ4v) is 3.37. The SMILES string of the molecule is [B]c1ccc(-c2ccc(CN3CC(S(C)(=O)=O)C3)nn2)cc1. The first-order chi connectivity index (χ1) is 10.4. The summed E-state index contributed by atoms with van der Waals surface area (Å²) in [7, 11) is 2.74. The second-order valence-corrected chi connectivity index (χ2v) is 8.00.